The SMILES string of the molecule is CC(O)(c1cc(F)c(Cl)cc1Cl)C(F)C(=O)O. The van der Waals surface area contributed by atoms with Gasteiger partial charge in [0.2, 0.25) is 6.17 Å². The number of carboxylic acids is 1. The number of carboxylic acid groups (broad SMARTS) is 1. The van der Waals surface area contributed by atoms with E-state index < -0.39 is 23.6 Å². The Labute approximate surface area is 106 Å². The Morgan fingerprint density at radius 1 is 1.41 bits per heavy atom. The second-order valence-electron chi connectivity index (χ2n) is 3.59. The number of hydrogen-bond acceptors (Lipinski definition) is 2. The monoisotopic (exact) mass is 284 g/mol. The molecule has 2 N–H and O–H groups in total. The summed E-state index contributed by atoms with van der Waals surface area (Å²) < 4.78 is 26.5. The zero-order valence-electron chi connectivity index (χ0n) is 8.55. The van der Waals surface area contributed by atoms with Crippen molar-refractivity contribution in [2.75, 3.05) is 0 Å². The highest BCUT2D eigenvalue weighted by atomic mass is 35.5. The van der Waals surface area contributed by atoms with Crippen LogP contribution in [0.2, 0.25) is 10.0 Å². The Morgan fingerprint density at radius 2 is 1.94 bits per heavy atom. The molecule has 0 heterocycles. The van der Waals surface area contributed by atoms with Gasteiger partial charge in [0.25, 0.3) is 0 Å². The van der Waals surface area contributed by atoms with Gasteiger partial charge in [-0.3, -0.25) is 0 Å². The molecule has 0 radical (unpaired) electrons. The molecule has 0 aliphatic rings. The van der Waals surface area contributed by atoms with Crippen LogP contribution in [-0.4, -0.2) is 22.4 Å². The fourth-order valence-corrected chi connectivity index (χ4v) is 1.86. The van der Waals surface area contributed by atoms with Gasteiger partial charge < -0.3 is 10.2 Å². The number of aliphatic carboxylic acids is 1. The largest absolute Gasteiger partial charge is 0.479 e. The molecule has 94 valence electrons. The van der Waals surface area contributed by atoms with Gasteiger partial charge in [-0.25, -0.2) is 13.6 Å². The third-order valence-corrected chi connectivity index (χ3v) is 2.87. The molecular formula is C10H8Cl2F2O3. The lowest BCUT2D eigenvalue weighted by Gasteiger charge is -2.26. The Kier molecular flexibility index (Phi) is 3.96. The summed E-state index contributed by atoms with van der Waals surface area (Å²) in [6.45, 7) is 0.889. The first-order valence-corrected chi connectivity index (χ1v) is 5.17. The third kappa shape index (κ3) is 2.68. The van der Waals surface area contributed by atoms with E-state index in [-0.39, 0.29) is 15.6 Å². The van der Waals surface area contributed by atoms with Gasteiger partial charge in [-0.1, -0.05) is 23.2 Å². The summed E-state index contributed by atoms with van der Waals surface area (Å²) >= 11 is 11.1. The number of halogens is 4. The Balaban J connectivity index is 3.33. The van der Waals surface area contributed by atoms with E-state index in [0.717, 1.165) is 13.0 Å². The summed E-state index contributed by atoms with van der Waals surface area (Å²) in [5.74, 6) is -2.80. The standard InChI is InChI=1S/C10H8Cl2F2O3/c1-10(17,8(14)9(15)16)4-2-7(13)6(12)3-5(4)11/h2-3,8,17H,1H3,(H,15,16). The first-order valence-electron chi connectivity index (χ1n) is 4.42. The number of rotatable bonds is 3. The number of alkyl halides is 1. The molecule has 1 aromatic carbocycles. The van der Waals surface area contributed by atoms with E-state index in [1.165, 1.54) is 0 Å². The van der Waals surface area contributed by atoms with Crippen LogP contribution in [0.3, 0.4) is 0 Å². The molecule has 0 saturated carbocycles. The van der Waals surface area contributed by atoms with Gasteiger partial charge in [-0.15, -0.1) is 0 Å². The molecule has 1 aromatic rings. The Bertz CT molecular complexity index is 463. The minimum atomic E-state index is -2.64. The fourth-order valence-electron chi connectivity index (χ4n) is 1.29. The minimum Gasteiger partial charge on any atom is -0.479 e. The first kappa shape index (κ1) is 14.2. The van der Waals surface area contributed by atoms with Crippen LogP contribution < -0.4 is 0 Å². The van der Waals surface area contributed by atoms with Gasteiger partial charge in [-0.05, 0) is 19.1 Å². The molecule has 0 amide bonds. The molecule has 2 unspecified atom stereocenters. The number of aliphatic hydroxyl groups is 1. The molecule has 0 aliphatic carbocycles. The normalized spacial score (nSPS) is 16.4. The van der Waals surface area contributed by atoms with Gasteiger partial charge in [0.15, 0.2) is 0 Å². The van der Waals surface area contributed by atoms with Crippen molar-refractivity contribution in [1.29, 1.82) is 0 Å². The molecular weight excluding hydrogens is 277 g/mol. The molecule has 7 heteroatoms. The van der Waals surface area contributed by atoms with Crippen molar-refractivity contribution in [1.82, 2.24) is 0 Å². The molecule has 1 rings (SSSR count). The molecule has 3 nitrogen and oxygen atoms in total. The van der Waals surface area contributed by atoms with Gasteiger partial charge in [-0.2, -0.15) is 0 Å². The molecule has 0 spiro atoms. The van der Waals surface area contributed by atoms with Crippen LogP contribution in [0.4, 0.5) is 8.78 Å². The summed E-state index contributed by atoms with van der Waals surface area (Å²) in [4.78, 5) is 10.5. The van der Waals surface area contributed by atoms with Gasteiger partial charge in [0.05, 0.1) is 5.02 Å². The molecule has 2 atom stereocenters. The second kappa shape index (κ2) is 4.76. The van der Waals surface area contributed by atoms with Crippen molar-refractivity contribution in [3.05, 3.63) is 33.6 Å². The van der Waals surface area contributed by atoms with Crippen LogP contribution >= 0.6 is 23.2 Å². The Hall–Kier alpha value is -0.910. The zero-order chi connectivity index (χ0) is 13.4. The van der Waals surface area contributed by atoms with Crippen molar-refractivity contribution in [3.63, 3.8) is 0 Å². The zero-order valence-corrected chi connectivity index (χ0v) is 10.1. The maximum atomic E-state index is 13.3. The van der Waals surface area contributed by atoms with E-state index in [2.05, 4.69) is 0 Å². The molecule has 0 aliphatic heterocycles. The van der Waals surface area contributed by atoms with E-state index in [1.807, 2.05) is 0 Å². The predicted octanol–water partition coefficient (Wildman–Crippen LogP) is 2.76. The van der Waals surface area contributed by atoms with E-state index in [9.17, 15) is 18.7 Å². The summed E-state index contributed by atoms with van der Waals surface area (Å²) in [6, 6.07) is 1.68. The van der Waals surface area contributed by atoms with Crippen LogP contribution in [-0.2, 0) is 10.4 Å². The average Bonchev–Trinajstić information content (AvgIpc) is 2.21. The molecule has 0 fully saturated rings. The van der Waals surface area contributed by atoms with Crippen molar-refractivity contribution in [2.24, 2.45) is 0 Å². The van der Waals surface area contributed by atoms with Gasteiger partial charge in [0.1, 0.15) is 11.4 Å². The van der Waals surface area contributed by atoms with Crippen molar-refractivity contribution >= 4 is 29.2 Å². The number of hydrogen-bond donors (Lipinski definition) is 2. The lowest BCUT2D eigenvalue weighted by atomic mass is 9.91. The molecule has 0 aromatic heterocycles. The topological polar surface area (TPSA) is 57.5 Å². The maximum Gasteiger partial charge on any atom is 0.341 e. The van der Waals surface area contributed by atoms with Crippen molar-refractivity contribution in [3.8, 4) is 0 Å². The van der Waals surface area contributed by atoms with E-state index in [1.54, 1.807) is 0 Å². The lowest BCUT2D eigenvalue weighted by Crippen LogP contribution is -2.39. The highest BCUT2D eigenvalue weighted by molar-refractivity contribution is 6.35. The van der Waals surface area contributed by atoms with Crippen molar-refractivity contribution in [2.45, 2.75) is 18.7 Å². The highest BCUT2D eigenvalue weighted by Gasteiger charge is 2.41. The Morgan fingerprint density at radius 3 is 2.41 bits per heavy atom. The summed E-state index contributed by atoms with van der Waals surface area (Å²) in [5.41, 5.74) is -2.83. The van der Waals surface area contributed by atoms with Crippen LogP contribution in [0.25, 0.3) is 0 Å². The number of carbonyl (C=O) groups is 1. The van der Waals surface area contributed by atoms with E-state index in [0.29, 0.717) is 6.07 Å². The third-order valence-electron chi connectivity index (χ3n) is 2.27. The predicted molar refractivity (Wildman–Crippen MR) is 58.5 cm³/mol. The molecule has 0 saturated heterocycles. The first-order chi connectivity index (χ1) is 7.67. The summed E-state index contributed by atoms with van der Waals surface area (Å²) in [6.07, 6.45) is -2.64. The average molecular weight is 285 g/mol. The van der Waals surface area contributed by atoms with Gasteiger partial charge >= 0.3 is 5.97 Å². The fraction of sp³-hybridized carbons (Fsp3) is 0.300. The second-order valence-corrected chi connectivity index (χ2v) is 4.41. The number of benzene rings is 1. The summed E-state index contributed by atoms with van der Waals surface area (Å²) in [7, 11) is 0. The smallest absolute Gasteiger partial charge is 0.341 e. The molecule has 17 heavy (non-hydrogen) atoms. The quantitative estimate of drug-likeness (QED) is 0.839. The van der Waals surface area contributed by atoms with Crippen LogP contribution in [0.1, 0.15) is 12.5 Å². The molecule has 0 bridgehead atoms. The van der Waals surface area contributed by atoms with Crippen molar-refractivity contribution < 1.29 is 23.8 Å². The van der Waals surface area contributed by atoms with E-state index >= 15 is 0 Å². The minimum absolute atomic E-state index is 0.217. The maximum absolute atomic E-state index is 13.3. The van der Waals surface area contributed by atoms with Crippen LogP contribution in [0.15, 0.2) is 12.1 Å². The van der Waals surface area contributed by atoms with Gasteiger partial charge in [0, 0.05) is 10.6 Å². The summed E-state index contributed by atoms with van der Waals surface area (Å²) in [5, 5.41) is 17.7. The van der Waals surface area contributed by atoms with Crippen LogP contribution in [0.5, 0.6) is 0 Å². The van der Waals surface area contributed by atoms with E-state index in [4.69, 9.17) is 28.3 Å². The lowest BCUT2D eigenvalue weighted by molar-refractivity contribution is -0.153. The van der Waals surface area contributed by atoms with Crippen LogP contribution in [0, 0.1) is 5.82 Å². The highest BCUT2D eigenvalue weighted by Crippen LogP contribution is 2.35.